The van der Waals surface area contributed by atoms with E-state index in [1.807, 2.05) is 0 Å². The highest BCUT2D eigenvalue weighted by Crippen LogP contribution is 2.73. The van der Waals surface area contributed by atoms with Gasteiger partial charge < -0.3 is 46.1 Å². The Balaban J connectivity index is 1.17. The van der Waals surface area contributed by atoms with Crippen LogP contribution in [0.1, 0.15) is 78.1 Å². The fourth-order valence-corrected chi connectivity index (χ4v) is 10.7. The Morgan fingerprint density at radius 1 is 0.974 bits per heavy atom. The van der Waals surface area contributed by atoms with Crippen molar-refractivity contribution >= 4 is 5.97 Å². The van der Waals surface area contributed by atoms with E-state index in [1.54, 1.807) is 0 Å². The first-order valence-corrected chi connectivity index (χ1v) is 15.1. The number of aliphatic hydroxyl groups is 3. The summed E-state index contributed by atoms with van der Waals surface area (Å²) in [5.41, 5.74) is 12.4. The summed E-state index contributed by atoms with van der Waals surface area (Å²) in [7, 11) is 0. The standard InChI is InChI=1S/C29H48N2O8/c1-27-8-5-15(37-26-24(36)22(30)23(35)20(13-32)38-26)11-14(27)3-4-19-18(27)6-9-28(2)17-7-10-29(19,28)39-25(31)16(17)12-21(33)34/h14-20,22-26,32,35-36H,3-13,30-31H2,1-2H3,(H,33,34)/t14-,15+,16-,17-,18+,19-,20+,22+,23+,24+,25+,26+,27+,28-,29+/m1/s1. The van der Waals surface area contributed by atoms with Gasteiger partial charge in [-0.25, -0.2) is 0 Å². The number of fused-ring (bicyclic) bond motifs is 3. The fourth-order valence-electron chi connectivity index (χ4n) is 10.7. The number of ether oxygens (including phenoxy) is 3. The van der Waals surface area contributed by atoms with Gasteiger partial charge in [-0.15, -0.1) is 0 Å². The third-order valence-corrected chi connectivity index (χ3v) is 12.8. The van der Waals surface area contributed by atoms with Gasteiger partial charge in [0.1, 0.15) is 24.5 Å². The molecule has 10 nitrogen and oxygen atoms in total. The van der Waals surface area contributed by atoms with Crippen LogP contribution in [0, 0.1) is 40.4 Å². The van der Waals surface area contributed by atoms with Gasteiger partial charge in [0.2, 0.25) is 0 Å². The summed E-state index contributed by atoms with van der Waals surface area (Å²) in [4.78, 5) is 11.6. The molecule has 0 spiro atoms. The Hall–Kier alpha value is -0.850. The first kappa shape index (κ1) is 28.3. The zero-order chi connectivity index (χ0) is 27.9. The largest absolute Gasteiger partial charge is 0.481 e. The number of rotatable bonds is 5. The minimum Gasteiger partial charge on any atom is -0.481 e. The summed E-state index contributed by atoms with van der Waals surface area (Å²) < 4.78 is 18.8. The molecule has 2 heterocycles. The molecule has 10 heteroatoms. The van der Waals surface area contributed by atoms with E-state index in [2.05, 4.69) is 13.8 Å². The van der Waals surface area contributed by atoms with E-state index in [1.165, 1.54) is 0 Å². The van der Waals surface area contributed by atoms with Crippen molar-refractivity contribution in [3.8, 4) is 0 Å². The van der Waals surface area contributed by atoms with Gasteiger partial charge in [0, 0.05) is 11.3 Å². The van der Waals surface area contributed by atoms with Crippen molar-refractivity contribution in [2.75, 3.05) is 6.61 Å². The van der Waals surface area contributed by atoms with Gasteiger partial charge in [-0.2, -0.15) is 0 Å². The molecule has 222 valence electrons. The maximum Gasteiger partial charge on any atom is 0.303 e. The minimum atomic E-state index is -1.16. The molecular weight excluding hydrogens is 504 g/mol. The second-order valence-electron chi connectivity index (χ2n) is 14.1. The van der Waals surface area contributed by atoms with Crippen LogP contribution in [0.4, 0.5) is 0 Å². The first-order valence-electron chi connectivity index (χ1n) is 15.1. The number of carbonyl (C=O) groups is 1. The molecule has 8 N–H and O–H groups in total. The van der Waals surface area contributed by atoms with Gasteiger partial charge in [-0.1, -0.05) is 13.8 Å². The molecule has 0 aromatic rings. The monoisotopic (exact) mass is 552 g/mol. The second kappa shape index (κ2) is 9.87. The van der Waals surface area contributed by atoms with Crippen molar-refractivity contribution in [3.63, 3.8) is 0 Å². The molecule has 6 rings (SSSR count). The maximum atomic E-state index is 11.6. The number of hydrogen-bond donors (Lipinski definition) is 6. The summed E-state index contributed by atoms with van der Waals surface area (Å²) in [5.74, 6) is 0.787. The summed E-state index contributed by atoms with van der Waals surface area (Å²) in [6, 6.07) is -0.937. The van der Waals surface area contributed by atoms with E-state index in [0.717, 1.165) is 57.8 Å². The lowest BCUT2D eigenvalue weighted by Crippen LogP contribution is -2.68. The lowest BCUT2D eigenvalue weighted by molar-refractivity contribution is -0.303. The SMILES string of the molecule is C[C@]12CC[C@H](O[C@H]3O[C@@H](CO)[C@H](O)[C@H](N)[C@@H]3O)C[C@H]1CC[C@@H]1[C@@H]2CC[C@]2(C)[C@@H]3CC[C@]12O[C@H](N)[C@@H]3CC(=O)O. The van der Waals surface area contributed by atoms with Crippen molar-refractivity contribution in [2.45, 2.75) is 127 Å². The predicted molar refractivity (Wildman–Crippen MR) is 140 cm³/mol. The Labute approximate surface area is 230 Å². The number of carboxylic acids is 1. The van der Waals surface area contributed by atoms with E-state index >= 15 is 0 Å². The van der Waals surface area contributed by atoms with Crippen LogP contribution in [0.2, 0.25) is 0 Å². The number of aliphatic hydroxyl groups excluding tert-OH is 3. The molecule has 2 saturated heterocycles. The molecule has 0 radical (unpaired) electrons. The van der Waals surface area contributed by atoms with Crippen LogP contribution in [0.5, 0.6) is 0 Å². The Kier molecular flexibility index (Phi) is 7.15. The second-order valence-corrected chi connectivity index (χ2v) is 14.1. The molecule has 2 bridgehead atoms. The number of aliphatic carboxylic acids is 1. The smallest absolute Gasteiger partial charge is 0.303 e. The highest BCUT2D eigenvalue weighted by molar-refractivity contribution is 5.67. The fraction of sp³-hybridized carbons (Fsp3) is 0.966. The molecule has 0 aromatic carbocycles. The summed E-state index contributed by atoms with van der Waals surface area (Å²) >= 11 is 0. The molecule has 2 aliphatic heterocycles. The average molecular weight is 553 g/mol. The van der Waals surface area contributed by atoms with Crippen LogP contribution in [0.15, 0.2) is 0 Å². The molecule has 6 fully saturated rings. The quantitative estimate of drug-likeness (QED) is 0.273. The summed E-state index contributed by atoms with van der Waals surface area (Å²) in [5, 5.41) is 39.9. The third-order valence-electron chi connectivity index (χ3n) is 12.8. The summed E-state index contributed by atoms with van der Waals surface area (Å²) in [6.45, 7) is 4.42. The number of nitrogens with two attached hydrogens (primary N) is 2. The minimum absolute atomic E-state index is 0.0330. The van der Waals surface area contributed by atoms with Crippen molar-refractivity contribution in [3.05, 3.63) is 0 Å². The van der Waals surface area contributed by atoms with Gasteiger partial charge in [-0.3, -0.25) is 4.79 Å². The highest BCUT2D eigenvalue weighted by atomic mass is 16.7. The van der Waals surface area contributed by atoms with Crippen molar-refractivity contribution in [1.29, 1.82) is 0 Å². The zero-order valence-electron chi connectivity index (χ0n) is 23.3. The van der Waals surface area contributed by atoms with Gasteiger partial charge in [0.15, 0.2) is 6.29 Å². The molecule has 0 unspecified atom stereocenters. The molecule has 0 amide bonds. The molecule has 0 aromatic heterocycles. The summed E-state index contributed by atoms with van der Waals surface area (Å²) in [6.07, 6.45) is 4.36. The van der Waals surface area contributed by atoms with Crippen molar-refractivity contribution in [2.24, 2.45) is 51.9 Å². The van der Waals surface area contributed by atoms with Gasteiger partial charge in [0.25, 0.3) is 0 Å². The van der Waals surface area contributed by atoms with Crippen LogP contribution in [-0.4, -0.2) is 81.6 Å². The van der Waals surface area contributed by atoms with E-state index in [4.69, 9.17) is 25.7 Å². The lowest BCUT2D eigenvalue weighted by atomic mass is 9.42. The molecule has 39 heavy (non-hydrogen) atoms. The van der Waals surface area contributed by atoms with Crippen molar-refractivity contribution in [1.82, 2.24) is 0 Å². The molecule has 6 aliphatic rings. The van der Waals surface area contributed by atoms with Gasteiger partial charge in [-0.05, 0) is 86.9 Å². The Morgan fingerprint density at radius 3 is 2.44 bits per heavy atom. The van der Waals surface area contributed by atoms with E-state index < -0.39 is 42.8 Å². The van der Waals surface area contributed by atoms with Gasteiger partial charge in [0.05, 0.1) is 30.8 Å². The van der Waals surface area contributed by atoms with Crippen LogP contribution in [-0.2, 0) is 19.0 Å². The molecule has 4 aliphatic carbocycles. The van der Waals surface area contributed by atoms with Crippen LogP contribution in [0.25, 0.3) is 0 Å². The third kappa shape index (κ3) is 4.07. The first-order chi connectivity index (χ1) is 18.4. The topological polar surface area (TPSA) is 178 Å². The Bertz CT molecular complexity index is 952. The van der Waals surface area contributed by atoms with E-state index in [-0.39, 0.29) is 41.5 Å². The zero-order valence-corrected chi connectivity index (χ0v) is 23.3. The lowest BCUT2D eigenvalue weighted by Gasteiger charge is -2.67. The molecule has 15 atom stereocenters. The van der Waals surface area contributed by atoms with Crippen LogP contribution < -0.4 is 11.5 Å². The maximum absolute atomic E-state index is 11.6. The molecular formula is C29H48N2O8. The number of hydrogen-bond acceptors (Lipinski definition) is 9. The normalized spacial score (nSPS) is 56.8. The van der Waals surface area contributed by atoms with Gasteiger partial charge >= 0.3 is 5.97 Å². The molecule has 4 saturated carbocycles. The average Bonchev–Trinajstić information content (AvgIpc) is 3.10. The predicted octanol–water partition coefficient (Wildman–Crippen LogP) is 1.33. The van der Waals surface area contributed by atoms with E-state index in [9.17, 15) is 25.2 Å². The number of carboxylic acid groups (broad SMARTS) is 1. The van der Waals surface area contributed by atoms with E-state index in [0.29, 0.717) is 23.7 Å². The highest BCUT2D eigenvalue weighted by Gasteiger charge is 2.72. The van der Waals surface area contributed by atoms with Crippen molar-refractivity contribution < 1.29 is 39.4 Å². The Morgan fingerprint density at radius 2 is 1.72 bits per heavy atom. The van der Waals surface area contributed by atoms with Crippen LogP contribution >= 0.6 is 0 Å². The van der Waals surface area contributed by atoms with Crippen LogP contribution in [0.3, 0.4) is 0 Å².